The van der Waals surface area contributed by atoms with Crippen LogP contribution in [0.25, 0.3) is 0 Å². The van der Waals surface area contributed by atoms with Gasteiger partial charge in [-0.05, 0) is 31.6 Å². The van der Waals surface area contributed by atoms with Gasteiger partial charge < -0.3 is 33.8 Å². The van der Waals surface area contributed by atoms with Crippen LogP contribution in [0.1, 0.15) is 336 Å². The molecule has 0 bridgehead atoms. The average Bonchev–Trinajstić information content (AvgIpc) is 3.52. The van der Waals surface area contributed by atoms with Crippen LogP contribution in [0.3, 0.4) is 0 Å². The Kier molecular flexibility index (Phi) is 58.3. The van der Waals surface area contributed by atoms with Gasteiger partial charge in [-0.1, -0.05) is 285 Å². The van der Waals surface area contributed by atoms with E-state index in [0.717, 1.165) is 102 Å². The molecular weight excluding hydrogens is 1130 g/mol. The number of hydrogen-bond donors (Lipinski definition) is 3. The van der Waals surface area contributed by atoms with Crippen molar-refractivity contribution in [2.24, 2.45) is 5.92 Å². The molecule has 0 rings (SSSR count). The first-order chi connectivity index (χ1) is 41.0. The van der Waals surface area contributed by atoms with Gasteiger partial charge in [0.15, 0.2) is 12.2 Å². The normalized spacial score (nSPS) is 14.2. The summed E-state index contributed by atoms with van der Waals surface area (Å²) >= 11 is 0. The Bertz CT molecular complexity index is 1650. The van der Waals surface area contributed by atoms with Crippen molar-refractivity contribution < 1.29 is 80.2 Å². The quantitative estimate of drug-likeness (QED) is 0.0222. The predicted molar refractivity (Wildman–Crippen MR) is 340 cm³/mol. The van der Waals surface area contributed by atoms with Crippen LogP contribution in [0, 0.1) is 5.92 Å². The second-order valence-corrected chi connectivity index (χ2v) is 27.2. The van der Waals surface area contributed by atoms with E-state index in [-0.39, 0.29) is 25.7 Å². The minimum atomic E-state index is -4.95. The highest BCUT2D eigenvalue weighted by Gasteiger charge is 2.30. The number of rotatable bonds is 66. The smallest absolute Gasteiger partial charge is 0.462 e. The van der Waals surface area contributed by atoms with E-state index in [9.17, 15) is 43.2 Å². The van der Waals surface area contributed by atoms with Crippen molar-refractivity contribution in [1.82, 2.24) is 0 Å². The van der Waals surface area contributed by atoms with Crippen LogP contribution in [-0.4, -0.2) is 96.7 Å². The lowest BCUT2D eigenvalue weighted by Gasteiger charge is -2.21. The summed E-state index contributed by atoms with van der Waals surface area (Å²) in [5.74, 6) is -1.41. The van der Waals surface area contributed by atoms with Crippen LogP contribution >= 0.6 is 15.6 Å². The monoisotopic (exact) mass is 1250 g/mol. The molecule has 0 amide bonds. The van der Waals surface area contributed by atoms with Crippen LogP contribution in [0.2, 0.25) is 0 Å². The Hall–Kier alpha value is -1.94. The summed E-state index contributed by atoms with van der Waals surface area (Å²) in [6.45, 7) is 7.15. The minimum Gasteiger partial charge on any atom is -0.462 e. The molecular formula is C66H128O17P2. The highest BCUT2D eigenvalue weighted by atomic mass is 31.2. The van der Waals surface area contributed by atoms with E-state index in [1.54, 1.807) is 0 Å². The maximum atomic E-state index is 13.0. The van der Waals surface area contributed by atoms with Gasteiger partial charge in [-0.25, -0.2) is 9.13 Å². The van der Waals surface area contributed by atoms with Crippen molar-refractivity contribution in [2.75, 3.05) is 39.6 Å². The number of esters is 4. The fourth-order valence-electron chi connectivity index (χ4n) is 9.94. The summed E-state index contributed by atoms with van der Waals surface area (Å²) in [6, 6.07) is 0. The van der Waals surface area contributed by atoms with E-state index in [4.69, 9.17) is 37.0 Å². The molecule has 0 spiro atoms. The lowest BCUT2D eigenvalue weighted by Crippen LogP contribution is -2.30. The fraction of sp³-hybridized carbons (Fsp3) is 0.939. The highest BCUT2D eigenvalue weighted by molar-refractivity contribution is 7.47. The molecule has 0 aliphatic rings. The Morgan fingerprint density at radius 2 is 0.541 bits per heavy atom. The third-order valence-corrected chi connectivity index (χ3v) is 17.2. The molecule has 0 aromatic heterocycles. The number of carbonyl (C=O) groups excluding carboxylic acids is 4. The van der Waals surface area contributed by atoms with Gasteiger partial charge in [0, 0.05) is 25.7 Å². The second kappa shape index (κ2) is 59.7. The first-order valence-corrected chi connectivity index (χ1v) is 37.6. The molecule has 0 radical (unpaired) electrons. The number of phosphoric ester groups is 2. The highest BCUT2D eigenvalue weighted by Crippen LogP contribution is 2.45. The van der Waals surface area contributed by atoms with Gasteiger partial charge in [-0.3, -0.25) is 37.3 Å². The summed E-state index contributed by atoms with van der Waals surface area (Å²) in [5.41, 5.74) is 0. The van der Waals surface area contributed by atoms with Crippen molar-refractivity contribution in [1.29, 1.82) is 0 Å². The van der Waals surface area contributed by atoms with Crippen LogP contribution in [-0.2, 0) is 65.4 Å². The summed E-state index contributed by atoms with van der Waals surface area (Å²) in [7, 11) is -9.89. The van der Waals surface area contributed by atoms with Crippen molar-refractivity contribution in [3.05, 3.63) is 0 Å². The molecule has 0 aromatic rings. The molecule has 3 N–H and O–H groups in total. The lowest BCUT2D eigenvalue weighted by molar-refractivity contribution is -0.161. The standard InChI is InChI=1S/C66H128O17P2/c1-6-9-12-15-18-21-23-25-26-28-30-36-41-46-51-65(70)82-62(56-77-64(69)50-45-40-35-29-27-24-22-19-16-13-10-7-2)58-81-85(74,75)79-54-60(67)53-78-84(72,73)80-57-61(55-76-63(68)49-44-39-34-20-17-14-11-8-3)83-66(71)52-47-42-37-32-31-33-38-43-48-59(4)5/h59-62,67H,6-58H2,1-5H3,(H,72,73)(H,74,75)/t60-,61+,62+/m0/s1. The molecule has 0 aliphatic carbocycles. The zero-order chi connectivity index (χ0) is 62.8. The number of phosphoric acid groups is 2. The molecule has 0 heterocycles. The third kappa shape index (κ3) is 60.7. The number of carbonyl (C=O) groups is 4. The van der Waals surface area contributed by atoms with Gasteiger partial charge in [0.1, 0.15) is 19.3 Å². The van der Waals surface area contributed by atoms with Crippen molar-refractivity contribution in [2.45, 2.75) is 355 Å². The Labute approximate surface area is 517 Å². The largest absolute Gasteiger partial charge is 0.472 e. The lowest BCUT2D eigenvalue weighted by atomic mass is 10.0. The summed E-state index contributed by atoms with van der Waals surface area (Å²) < 4.78 is 68.1. The number of aliphatic hydroxyl groups excluding tert-OH is 1. The molecule has 85 heavy (non-hydrogen) atoms. The van der Waals surface area contributed by atoms with Crippen LogP contribution < -0.4 is 0 Å². The van der Waals surface area contributed by atoms with Gasteiger partial charge in [0.2, 0.25) is 0 Å². The van der Waals surface area contributed by atoms with E-state index in [2.05, 4.69) is 34.6 Å². The molecule has 0 aliphatic heterocycles. The molecule has 19 heteroatoms. The zero-order valence-corrected chi connectivity index (χ0v) is 56.5. The molecule has 0 aromatic carbocycles. The van der Waals surface area contributed by atoms with E-state index in [0.29, 0.717) is 25.7 Å². The van der Waals surface area contributed by atoms with Crippen LogP contribution in [0.4, 0.5) is 0 Å². The molecule has 2 unspecified atom stereocenters. The van der Waals surface area contributed by atoms with E-state index >= 15 is 0 Å². The zero-order valence-electron chi connectivity index (χ0n) is 54.7. The van der Waals surface area contributed by atoms with Gasteiger partial charge >= 0.3 is 39.5 Å². The minimum absolute atomic E-state index is 0.105. The SMILES string of the molecule is CCCCCCCCCCCCCCCCC(=O)O[C@H](COC(=O)CCCCCCCCCCCCCC)COP(=O)(O)OC[C@@H](O)COP(=O)(O)OC[C@@H](COC(=O)CCCCCCCCCC)OC(=O)CCCCCCCCCCC(C)C. The van der Waals surface area contributed by atoms with Crippen molar-refractivity contribution >= 4 is 39.5 Å². The third-order valence-electron chi connectivity index (χ3n) is 15.3. The van der Waals surface area contributed by atoms with Gasteiger partial charge in [-0.15, -0.1) is 0 Å². The van der Waals surface area contributed by atoms with E-state index in [1.807, 2.05) is 0 Å². The van der Waals surface area contributed by atoms with Crippen LogP contribution in [0.5, 0.6) is 0 Å². The molecule has 5 atom stereocenters. The molecule has 0 fully saturated rings. The van der Waals surface area contributed by atoms with Gasteiger partial charge in [-0.2, -0.15) is 0 Å². The summed E-state index contributed by atoms with van der Waals surface area (Å²) in [5, 5.41) is 10.5. The van der Waals surface area contributed by atoms with E-state index < -0.39 is 97.5 Å². The number of unbranched alkanes of at least 4 members (excludes halogenated alkanes) is 38. The topological polar surface area (TPSA) is 237 Å². The molecule has 17 nitrogen and oxygen atoms in total. The van der Waals surface area contributed by atoms with E-state index in [1.165, 1.54) is 154 Å². The molecule has 0 saturated heterocycles. The number of ether oxygens (including phenoxy) is 4. The Morgan fingerprint density at radius 1 is 0.318 bits per heavy atom. The predicted octanol–water partition coefficient (Wildman–Crippen LogP) is 18.6. The molecule has 504 valence electrons. The first kappa shape index (κ1) is 83.1. The summed E-state index contributed by atoms with van der Waals surface area (Å²) in [4.78, 5) is 72.3. The number of aliphatic hydroxyl groups is 1. The Balaban J connectivity index is 5.23. The number of hydrogen-bond acceptors (Lipinski definition) is 15. The Morgan fingerprint density at radius 3 is 0.800 bits per heavy atom. The second-order valence-electron chi connectivity index (χ2n) is 24.3. The summed E-state index contributed by atoms with van der Waals surface area (Å²) in [6.07, 6.45) is 44.4. The van der Waals surface area contributed by atoms with Crippen molar-refractivity contribution in [3.8, 4) is 0 Å². The maximum Gasteiger partial charge on any atom is 0.472 e. The average molecular weight is 1260 g/mol. The maximum absolute atomic E-state index is 13.0. The molecule has 0 saturated carbocycles. The van der Waals surface area contributed by atoms with Crippen LogP contribution in [0.15, 0.2) is 0 Å². The first-order valence-electron chi connectivity index (χ1n) is 34.6. The van der Waals surface area contributed by atoms with Gasteiger partial charge in [0.05, 0.1) is 26.4 Å². The van der Waals surface area contributed by atoms with Crippen molar-refractivity contribution in [3.63, 3.8) is 0 Å². The van der Waals surface area contributed by atoms with Gasteiger partial charge in [0.25, 0.3) is 0 Å². The fourth-order valence-corrected chi connectivity index (χ4v) is 11.5.